The predicted octanol–water partition coefficient (Wildman–Crippen LogP) is 2.80. The van der Waals surface area contributed by atoms with Crippen molar-refractivity contribution in [1.29, 1.82) is 0 Å². The summed E-state index contributed by atoms with van der Waals surface area (Å²) in [5.74, 6) is 0. The first-order valence-electron chi connectivity index (χ1n) is 6.62. The Morgan fingerprint density at radius 2 is 2.15 bits per heavy atom. The first kappa shape index (κ1) is 15.0. The molecule has 2 rings (SSSR count). The van der Waals surface area contributed by atoms with Crippen LogP contribution in [-0.2, 0) is 11.3 Å². The summed E-state index contributed by atoms with van der Waals surface area (Å²) in [6.07, 6.45) is 1.69. The van der Waals surface area contributed by atoms with Crippen LogP contribution in [0.15, 0.2) is 30.5 Å². The van der Waals surface area contributed by atoms with Crippen LogP contribution in [0, 0.1) is 6.92 Å². The van der Waals surface area contributed by atoms with Gasteiger partial charge in [0.25, 0.3) is 0 Å². The van der Waals surface area contributed by atoms with E-state index < -0.39 is 0 Å². The minimum Gasteiger partial charge on any atom is -0.383 e. The minimum absolute atomic E-state index is 0.0167. The van der Waals surface area contributed by atoms with Crippen molar-refractivity contribution in [2.75, 3.05) is 20.8 Å². The SMILES string of the molecule is CNC(c1ccccc1C)c1c(Cl)cnn1CCOC. The highest BCUT2D eigenvalue weighted by Crippen LogP contribution is 2.29. The molecule has 5 heteroatoms. The lowest BCUT2D eigenvalue weighted by molar-refractivity contribution is 0.182. The number of methoxy groups -OCH3 is 1. The van der Waals surface area contributed by atoms with Crippen molar-refractivity contribution in [2.45, 2.75) is 19.5 Å². The predicted molar refractivity (Wildman–Crippen MR) is 81.2 cm³/mol. The van der Waals surface area contributed by atoms with Gasteiger partial charge in [0.15, 0.2) is 0 Å². The molecule has 0 aliphatic heterocycles. The molecule has 0 spiro atoms. The van der Waals surface area contributed by atoms with E-state index in [-0.39, 0.29) is 6.04 Å². The van der Waals surface area contributed by atoms with Crippen molar-refractivity contribution in [3.05, 3.63) is 52.3 Å². The fourth-order valence-corrected chi connectivity index (χ4v) is 2.62. The van der Waals surface area contributed by atoms with Crippen LogP contribution in [0.4, 0.5) is 0 Å². The van der Waals surface area contributed by atoms with E-state index in [0.717, 1.165) is 5.69 Å². The summed E-state index contributed by atoms with van der Waals surface area (Å²) in [6, 6.07) is 8.30. The number of aryl methyl sites for hydroxylation is 1. The van der Waals surface area contributed by atoms with Gasteiger partial charge in [-0.2, -0.15) is 5.10 Å². The fourth-order valence-electron chi connectivity index (χ4n) is 2.37. The molecule has 0 aliphatic rings. The molecule has 1 N–H and O–H groups in total. The van der Waals surface area contributed by atoms with Crippen molar-refractivity contribution in [3.63, 3.8) is 0 Å². The monoisotopic (exact) mass is 293 g/mol. The van der Waals surface area contributed by atoms with E-state index in [2.05, 4.69) is 29.5 Å². The smallest absolute Gasteiger partial charge is 0.0837 e. The Balaban J connectivity index is 2.42. The number of nitrogens with zero attached hydrogens (tertiary/aromatic N) is 2. The van der Waals surface area contributed by atoms with Crippen LogP contribution in [0.2, 0.25) is 5.02 Å². The molecule has 1 aromatic heterocycles. The maximum Gasteiger partial charge on any atom is 0.0837 e. The third kappa shape index (κ3) is 3.03. The number of ether oxygens (including phenoxy) is 1. The molecule has 1 aromatic carbocycles. The summed E-state index contributed by atoms with van der Waals surface area (Å²) in [5.41, 5.74) is 3.40. The van der Waals surface area contributed by atoms with E-state index >= 15 is 0 Å². The van der Waals surface area contributed by atoms with Gasteiger partial charge in [-0.1, -0.05) is 35.9 Å². The van der Waals surface area contributed by atoms with Crippen molar-refractivity contribution in [1.82, 2.24) is 15.1 Å². The molecule has 0 radical (unpaired) electrons. The zero-order chi connectivity index (χ0) is 14.5. The van der Waals surface area contributed by atoms with Gasteiger partial charge >= 0.3 is 0 Å². The minimum atomic E-state index is 0.0167. The summed E-state index contributed by atoms with van der Waals surface area (Å²) in [5, 5.41) is 8.35. The topological polar surface area (TPSA) is 39.1 Å². The first-order chi connectivity index (χ1) is 9.69. The first-order valence-corrected chi connectivity index (χ1v) is 6.99. The van der Waals surface area contributed by atoms with E-state index in [1.165, 1.54) is 11.1 Å². The number of hydrogen-bond acceptors (Lipinski definition) is 3. The van der Waals surface area contributed by atoms with E-state index in [1.807, 2.05) is 23.9 Å². The number of nitrogens with one attached hydrogen (secondary N) is 1. The summed E-state index contributed by atoms with van der Waals surface area (Å²) in [6.45, 7) is 3.39. The molecule has 1 heterocycles. The van der Waals surface area contributed by atoms with Gasteiger partial charge in [-0.05, 0) is 25.1 Å². The third-order valence-corrected chi connectivity index (χ3v) is 3.69. The van der Waals surface area contributed by atoms with Crippen molar-refractivity contribution < 1.29 is 4.74 Å². The van der Waals surface area contributed by atoms with Crippen molar-refractivity contribution in [2.24, 2.45) is 0 Å². The molecule has 0 bridgehead atoms. The highest BCUT2D eigenvalue weighted by molar-refractivity contribution is 6.31. The van der Waals surface area contributed by atoms with Gasteiger partial charge in [0.1, 0.15) is 0 Å². The summed E-state index contributed by atoms with van der Waals surface area (Å²) in [4.78, 5) is 0. The highest BCUT2D eigenvalue weighted by atomic mass is 35.5. The molecule has 4 nitrogen and oxygen atoms in total. The quantitative estimate of drug-likeness (QED) is 0.890. The second-order valence-corrected chi connectivity index (χ2v) is 5.08. The second-order valence-electron chi connectivity index (χ2n) is 4.67. The second kappa shape index (κ2) is 6.88. The van der Waals surface area contributed by atoms with Crippen LogP contribution in [0.5, 0.6) is 0 Å². The van der Waals surface area contributed by atoms with Crippen molar-refractivity contribution in [3.8, 4) is 0 Å². The Labute approximate surface area is 124 Å². The molecule has 20 heavy (non-hydrogen) atoms. The van der Waals surface area contributed by atoms with Crippen LogP contribution in [0.1, 0.15) is 22.9 Å². The Morgan fingerprint density at radius 3 is 2.80 bits per heavy atom. The van der Waals surface area contributed by atoms with Crippen LogP contribution in [0.3, 0.4) is 0 Å². The van der Waals surface area contributed by atoms with Crippen LogP contribution in [-0.4, -0.2) is 30.5 Å². The van der Waals surface area contributed by atoms with E-state index in [0.29, 0.717) is 18.2 Å². The maximum atomic E-state index is 6.34. The van der Waals surface area contributed by atoms with Crippen LogP contribution >= 0.6 is 11.6 Å². The Hall–Kier alpha value is -1.36. The normalized spacial score (nSPS) is 12.6. The number of rotatable bonds is 6. The molecule has 1 atom stereocenters. The van der Waals surface area contributed by atoms with Crippen LogP contribution in [0.25, 0.3) is 0 Å². The van der Waals surface area contributed by atoms with E-state index in [9.17, 15) is 0 Å². The molecule has 1 unspecified atom stereocenters. The fraction of sp³-hybridized carbons (Fsp3) is 0.400. The summed E-state index contributed by atoms with van der Waals surface area (Å²) < 4.78 is 7.03. The third-order valence-electron chi connectivity index (χ3n) is 3.40. The zero-order valence-electron chi connectivity index (χ0n) is 12.1. The molecule has 0 saturated carbocycles. The number of aromatic nitrogens is 2. The standard InChI is InChI=1S/C15H20ClN3O/c1-11-6-4-5-7-12(11)14(17-2)15-13(16)10-18-19(15)8-9-20-3/h4-7,10,14,17H,8-9H2,1-3H3. The lowest BCUT2D eigenvalue weighted by Gasteiger charge is -2.21. The molecule has 0 fully saturated rings. The van der Waals surface area contributed by atoms with Gasteiger partial charge in [-0.15, -0.1) is 0 Å². The molecule has 108 valence electrons. The lowest BCUT2D eigenvalue weighted by Crippen LogP contribution is -2.23. The van der Waals surface area contributed by atoms with E-state index in [1.54, 1.807) is 13.3 Å². The Morgan fingerprint density at radius 1 is 1.40 bits per heavy atom. The van der Waals surface area contributed by atoms with Gasteiger partial charge in [-0.3, -0.25) is 4.68 Å². The Kier molecular flexibility index (Phi) is 5.17. The molecule has 0 aliphatic carbocycles. The molecule has 0 saturated heterocycles. The number of benzene rings is 1. The summed E-state index contributed by atoms with van der Waals surface area (Å²) >= 11 is 6.34. The average Bonchev–Trinajstić information content (AvgIpc) is 2.81. The molecule has 0 amide bonds. The van der Waals surface area contributed by atoms with Gasteiger partial charge in [0.05, 0.1) is 36.1 Å². The zero-order valence-corrected chi connectivity index (χ0v) is 12.8. The van der Waals surface area contributed by atoms with Gasteiger partial charge in [-0.25, -0.2) is 0 Å². The Bertz CT molecular complexity index is 568. The highest BCUT2D eigenvalue weighted by Gasteiger charge is 2.21. The maximum absolute atomic E-state index is 6.34. The molecular weight excluding hydrogens is 274 g/mol. The number of halogens is 1. The molecule has 2 aromatic rings. The lowest BCUT2D eigenvalue weighted by atomic mass is 9.99. The van der Waals surface area contributed by atoms with Crippen molar-refractivity contribution >= 4 is 11.6 Å². The van der Waals surface area contributed by atoms with E-state index in [4.69, 9.17) is 16.3 Å². The summed E-state index contributed by atoms with van der Waals surface area (Å²) in [7, 11) is 3.61. The van der Waals surface area contributed by atoms with Gasteiger partial charge in [0, 0.05) is 7.11 Å². The largest absolute Gasteiger partial charge is 0.383 e. The van der Waals surface area contributed by atoms with Gasteiger partial charge < -0.3 is 10.1 Å². The van der Waals surface area contributed by atoms with Gasteiger partial charge in [0.2, 0.25) is 0 Å². The average molecular weight is 294 g/mol. The van der Waals surface area contributed by atoms with Crippen LogP contribution < -0.4 is 5.32 Å². The number of hydrogen-bond donors (Lipinski definition) is 1. The molecular formula is C15H20ClN3O.